The van der Waals surface area contributed by atoms with Crippen molar-refractivity contribution in [2.75, 3.05) is 91.6 Å². The second-order valence-corrected chi connectivity index (χ2v) is 6.31. The van der Waals surface area contributed by atoms with Crippen LogP contribution in [0.2, 0.25) is 0 Å². The van der Waals surface area contributed by atoms with E-state index in [0.29, 0.717) is 0 Å². The van der Waals surface area contributed by atoms with Crippen LogP contribution in [0.4, 0.5) is 0 Å². The fourth-order valence-corrected chi connectivity index (χ4v) is 2.93. The number of rotatable bonds is 17. The predicted octanol–water partition coefficient (Wildman–Crippen LogP) is 0.191. The largest absolute Gasteiger partial charge is 0.329 e. The molecule has 0 aromatic carbocycles. The average molecular weight is 345 g/mol. The summed E-state index contributed by atoms with van der Waals surface area (Å²) in [6.45, 7) is 23.7. The van der Waals surface area contributed by atoms with Gasteiger partial charge in [-0.1, -0.05) is 27.7 Å². The van der Waals surface area contributed by atoms with Crippen LogP contribution in [0.1, 0.15) is 27.7 Å². The molecule has 0 aliphatic heterocycles. The molecule has 146 valence electrons. The first-order valence-electron chi connectivity index (χ1n) is 9.94. The molecule has 0 aromatic heterocycles. The molecule has 24 heavy (non-hydrogen) atoms. The number of hydrogen-bond donors (Lipinski definition) is 2. The first-order chi connectivity index (χ1) is 11.6. The summed E-state index contributed by atoms with van der Waals surface area (Å²) in [6.07, 6.45) is 0. The molecule has 0 spiro atoms. The van der Waals surface area contributed by atoms with Crippen molar-refractivity contribution in [3.05, 3.63) is 0 Å². The van der Waals surface area contributed by atoms with Crippen molar-refractivity contribution in [3.63, 3.8) is 0 Å². The summed E-state index contributed by atoms with van der Waals surface area (Å²) in [5.41, 5.74) is 11.4. The maximum Gasteiger partial charge on any atom is 0.0110 e. The molecular formula is C18H44N6. The Morgan fingerprint density at radius 1 is 0.417 bits per heavy atom. The van der Waals surface area contributed by atoms with Gasteiger partial charge in [-0.15, -0.1) is 0 Å². The van der Waals surface area contributed by atoms with E-state index < -0.39 is 0 Å². The van der Waals surface area contributed by atoms with Gasteiger partial charge in [-0.2, -0.15) is 0 Å². The Morgan fingerprint density at radius 3 is 0.792 bits per heavy atom. The standard InChI is InChI=1S/C18H44N6/c1-5-21(11-9-19)13-15-23(7-3)17-18-24(8-4)16-14-22(6-2)12-10-20/h5-20H2,1-4H3. The lowest BCUT2D eigenvalue weighted by atomic mass is 10.3. The Kier molecular flexibility index (Phi) is 16.1. The molecule has 0 aliphatic rings. The molecule has 0 saturated carbocycles. The van der Waals surface area contributed by atoms with Crippen molar-refractivity contribution in [1.29, 1.82) is 0 Å². The quantitative estimate of drug-likeness (QED) is 0.393. The second-order valence-electron chi connectivity index (χ2n) is 6.31. The maximum absolute atomic E-state index is 5.68. The summed E-state index contributed by atoms with van der Waals surface area (Å²) in [4.78, 5) is 9.98. The van der Waals surface area contributed by atoms with Crippen LogP contribution in [0.5, 0.6) is 0 Å². The van der Waals surface area contributed by atoms with E-state index in [1.165, 1.54) is 0 Å². The molecule has 0 atom stereocenters. The van der Waals surface area contributed by atoms with E-state index in [1.54, 1.807) is 0 Å². The van der Waals surface area contributed by atoms with E-state index in [1.807, 2.05) is 0 Å². The first-order valence-corrected chi connectivity index (χ1v) is 9.94. The van der Waals surface area contributed by atoms with Gasteiger partial charge in [0.1, 0.15) is 0 Å². The lowest BCUT2D eigenvalue weighted by molar-refractivity contribution is 0.173. The highest BCUT2D eigenvalue weighted by atomic mass is 15.2. The van der Waals surface area contributed by atoms with Crippen molar-refractivity contribution < 1.29 is 0 Å². The average Bonchev–Trinajstić information content (AvgIpc) is 2.61. The zero-order valence-electron chi connectivity index (χ0n) is 16.8. The van der Waals surface area contributed by atoms with E-state index >= 15 is 0 Å². The van der Waals surface area contributed by atoms with Crippen LogP contribution in [-0.4, -0.2) is 111 Å². The summed E-state index contributed by atoms with van der Waals surface area (Å²) in [7, 11) is 0. The van der Waals surface area contributed by atoms with Crippen molar-refractivity contribution >= 4 is 0 Å². The van der Waals surface area contributed by atoms with E-state index in [4.69, 9.17) is 11.5 Å². The molecule has 0 heterocycles. The van der Waals surface area contributed by atoms with Gasteiger partial charge in [0, 0.05) is 65.4 Å². The van der Waals surface area contributed by atoms with Gasteiger partial charge in [0.05, 0.1) is 0 Å². The first kappa shape index (κ1) is 23.8. The summed E-state index contributed by atoms with van der Waals surface area (Å²) < 4.78 is 0. The third kappa shape index (κ3) is 11.3. The van der Waals surface area contributed by atoms with Crippen molar-refractivity contribution in [2.24, 2.45) is 11.5 Å². The smallest absolute Gasteiger partial charge is 0.0110 e. The third-order valence-electron chi connectivity index (χ3n) is 4.88. The van der Waals surface area contributed by atoms with E-state index in [-0.39, 0.29) is 0 Å². The molecule has 0 aliphatic carbocycles. The molecule has 0 unspecified atom stereocenters. The molecule has 0 bridgehead atoms. The highest BCUT2D eigenvalue weighted by Crippen LogP contribution is 1.96. The zero-order valence-corrected chi connectivity index (χ0v) is 16.8. The van der Waals surface area contributed by atoms with Crippen molar-refractivity contribution in [3.8, 4) is 0 Å². The van der Waals surface area contributed by atoms with Gasteiger partial charge in [-0.25, -0.2) is 0 Å². The molecule has 0 radical (unpaired) electrons. The van der Waals surface area contributed by atoms with Gasteiger partial charge in [0.25, 0.3) is 0 Å². The second kappa shape index (κ2) is 16.2. The third-order valence-corrected chi connectivity index (χ3v) is 4.88. The number of likely N-dealkylation sites (N-methyl/N-ethyl adjacent to an activating group) is 4. The summed E-state index contributed by atoms with van der Waals surface area (Å²) in [6, 6.07) is 0. The highest BCUT2D eigenvalue weighted by molar-refractivity contribution is 4.67. The monoisotopic (exact) mass is 344 g/mol. The molecule has 0 rings (SSSR count). The van der Waals surface area contributed by atoms with Crippen LogP contribution in [-0.2, 0) is 0 Å². The van der Waals surface area contributed by atoms with Crippen LogP contribution in [0.3, 0.4) is 0 Å². The normalized spacial score (nSPS) is 12.2. The Labute approximate surface area is 151 Å². The number of hydrogen-bond acceptors (Lipinski definition) is 6. The van der Waals surface area contributed by atoms with Gasteiger partial charge in [-0.3, -0.25) is 0 Å². The fraction of sp³-hybridized carbons (Fsp3) is 1.00. The number of nitrogens with two attached hydrogens (primary N) is 2. The molecular weight excluding hydrogens is 300 g/mol. The molecule has 0 amide bonds. The summed E-state index contributed by atoms with van der Waals surface area (Å²) >= 11 is 0. The Bertz CT molecular complexity index is 238. The fourth-order valence-electron chi connectivity index (χ4n) is 2.93. The minimum atomic E-state index is 0.750. The van der Waals surface area contributed by atoms with Gasteiger partial charge in [0.15, 0.2) is 0 Å². The van der Waals surface area contributed by atoms with E-state index in [9.17, 15) is 0 Å². The highest BCUT2D eigenvalue weighted by Gasteiger charge is 2.10. The molecule has 6 heteroatoms. The molecule has 0 fully saturated rings. The van der Waals surface area contributed by atoms with Gasteiger partial charge >= 0.3 is 0 Å². The Morgan fingerprint density at radius 2 is 0.625 bits per heavy atom. The number of nitrogens with zero attached hydrogens (tertiary/aromatic N) is 4. The lowest BCUT2D eigenvalue weighted by Crippen LogP contribution is -2.43. The summed E-state index contributed by atoms with van der Waals surface area (Å²) in [5, 5.41) is 0. The molecule has 0 aromatic rings. The minimum Gasteiger partial charge on any atom is -0.329 e. The van der Waals surface area contributed by atoms with Crippen LogP contribution in [0.25, 0.3) is 0 Å². The zero-order chi connectivity index (χ0) is 18.2. The Balaban J connectivity index is 4.12. The minimum absolute atomic E-state index is 0.750. The van der Waals surface area contributed by atoms with Crippen LogP contribution in [0.15, 0.2) is 0 Å². The van der Waals surface area contributed by atoms with Gasteiger partial charge < -0.3 is 31.1 Å². The topological polar surface area (TPSA) is 65.0 Å². The van der Waals surface area contributed by atoms with Crippen LogP contribution in [0, 0.1) is 0 Å². The molecule has 4 N–H and O–H groups in total. The predicted molar refractivity (Wildman–Crippen MR) is 107 cm³/mol. The van der Waals surface area contributed by atoms with Gasteiger partial charge in [-0.05, 0) is 26.2 Å². The van der Waals surface area contributed by atoms with Crippen molar-refractivity contribution in [2.45, 2.75) is 27.7 Å². The van der Waals surface area contributed by atoms with E-state index in [2.05, 4.69) is 47.3 Å². The SMILES string of the molecule is CCN(CCN)CCN(CC)CCN(CC)CCN(CC)CCN. The molecule has 6 nitrogen and oxygen atoms in total. The summed E-state index contributed by atoms with van der Waals surface area (Å²) in [5.74, 6) is 0. The lowest BCUT2D eigenvalue weighted by Gasteiger charge is -2.29. The van der Waals surface area contributed by atoms with Crippen LogP contribution < -0.4 is 11.5 Å². The van der Waals surface area contributed by atoms with E-state index in [0.717, 1.165) is 91.6 Å². The van der Waals surface area contributed by atoms with Gasteiger partial charge in [0.2, 0.25) is 0 Å². The van der Waals surface area contributed by atoms with Crippen molar-refractivity contribution in [1.82, 2.24) is 19.6 Å². The maximum atomic E-state index is 5.68. The Hall–Kier alpha value is -0.240. The molecule has 0 saturated heterocycles. The van der Waals surface area contributed by atoms with Crippen LogP contribution >= 0.6 is 0 Å².